The van der Waals surface area contributed by atoms with Crippen LogP contribution in [0.15, 0.2) is 201 Å². The third kappa shape index (κ3) is 7.82. The number of benzene rings is 7. The molecule has 0 radical (unpaired) electrons. The largest absolute Gasteiger partial charge is 0.458 e. The first-order valence-electron chi connectivity index (χ1n) is 22.5. The molecule has 0 atom stereocenters. The van der Waals surface area contributed by atoms with E-state index in [1.165, 1.54) is 44.2 Å². The van der Waals surface area contributed by atoms with E-state index < -0.39 is 0 Å². The van der Waals surface area contributed by atoms with Crippen LogP contribution in [-0.4, -0.2) is 14.1 Å². The summed E-state index contributed by atoms with van der Waals surface area (Å²) in [6.45, 7) is 16.0. The lowest BCUT2D eigenvalue weighted by atomic mass is 9.77. The average molecular weight is 847 g/mol. The maximum Gasteiger partial charge on any atom is 0.268 e. The third-order valence-corrected chi connectivity index (χ3v) is 13.2. The van der Waals surface area contributed by atoms with E-state index in [1.807, 2.05) is 22.9 Å². The molecule has 10 aromatic rings. The zero-order valence-electron chi connectivity index (χ0n) is 38.2. The smallest absolute Gasteiger partial charge is 0.268 e. The number of pyridine rings is 1. The van der Waals surface area contributed by atoms with Gasteiger partial charge in [0.15, 0.2) is 0 Å². The lowest BCUT2D eigenvalue weighted by Crippen LogP contribution is -2.29. The summed E-state index contributed by atoms with van der Waals surface area (Å²) < 4.78 is 13.3. The molecule has 0 saturated heterocycles. The van der Waals surface area contributed by atoms with E-state index in [2.05, 4.69) is 246 Å². The fourth-order valence-corrected chi connectivity index (χ4v) is 9.28. The van der Waals surface area contributed by atoms with Gasteiger partial charge in [-0.3, -0.25) is 13.7 Å². The van der Waals surface area contributed by atoms with Gasteiger partial charge in [-0.15, -0.1) is 0 Å². The molecule has 0 aliphatic carbocycles. The van der Waals surface area contributed by atoms with Crippen LogP contribution in [0.2, 0.25) is 0 Å². The number of imidazole rings is 1. The van der Waals surface area contributed by atoms with E-state index in [9.17, 15) is 0 Å². The summed E-state index contributed by atoms with van der Waals surface area (Å²) >= 11 is 0. The summed E-state index contributed by atoms with van der Waals surface area (Å²) in [6, 6.07) is 64.6. The van der Waals surface area contributed by atoms with Gasteiger partial charge in [-0.05, 0) is 99.0 Å². The van der Waals surface area contributed by atoms with Gasteiger partial charge >= 0.3 is 0 Å². The highest BCUT2D eigenvalue weighted by Crippen LogP contribution is 2.43. The van der Waals surface area contributed by atoms with Crippen LogP contribution >= 0.6 is 0 Å². The summed E-state index contributed by atoms with van der Waals surface area (Å²) in [5.41, 5.74) is 12.0. The topological polar surface area (TPSA) is 35.9 Å². The second-order valence-electron chi connectivity index (χ2n) is 19.2. The number of hydrogen-bond acceptors (Lipinski definition) is 2. The highest BCUT2D eigenvalue weighted by Gasteiger charge is 2.28. The van der Waals surface area contributed by atoms with Crippen molar-refractivity contribution in [2.24, 2.45) is 0 Å². The predicted octanol–water partition coefficient (Wildman–Crippen LogP) is 14.5. The van der Waals surface area contributed by atoms with Crippen LogP contribution in [0, 0.1) is 6.33 Å². The summed E-state index contributed by atoms with van der Waals surface area (Å²) in [7, 11) is 0. The van der Waals surface area contributed by atoms with E-state index in [0.29, 0.717) is 0 Å². The predicted molar refractivity (Wildman–Crippen MR) is 266 cm³/mol. The molecular formula is C60H54N4O. The fourth-order valence-electron chi connectivity index (χ4n) is 9.28. The highest BCUT2D eigenvalue weighted by atomic mass is 16.5. The molecule has 5 nitrogen and oxygen atoms in total. The summed E-state index contributed by atoms with van der Waals surface area (Å²) in [6.07, 6.45) is 9.69. The minimum absolute atomic E-state index is 0.180. The van der Waals surface area contributed by atoms with E-state index in [4.69, 9.17) is 9.72 Å². The molecule has 3 aromatic heterocycles. The van der Waals surface area contributed by atoms with Crippen LogP contribution in [0.5, 0.6) is 11.5 Å². The van der Waals surface area contributed by atoms with E-state index in [-0.39, 0.29) is 16.2 Å². The Morgan fingerprint density at radius 2 is 1.18 bits per heavy atom. The van der Waals surface area contributed by atoms with Gasteiger partial charge in [-0.25, -0.2) is 4.98 Å². The van der Waals surface area contributed by atoms with Crippen molar-refractivity contribution in [3.8, 4) is 39.8 Å². The van der Waals surface area contributed by atoms with Crippen LogP contribution in [0.25, 0.3) is 50.1 Å². The maximum atomic E-state index is 6.89. The fraction of sp³-hybridized carbons (Fsp3) is 0.167. The molecule has 3 heterocycles. The van der Waals surface area contributed by atoms with Crippen LogP contribution in [0.1, 0.15) is 76.3 Å². The second-order valence-corrected chi connectivity index (χ2v) is 19.2. The maximum absolute atomic E-state index is 6.89. The van der Waals surface area contributed by atoms with E-state index in [0.717, 1.165) is 45.3 Å². The Labute approximate surface area is 382 Å². The van der Waals surface area contributed by atoms with Gasteiger partial charge in [0, 0.05) is 46.3 Å². The number of aromatic nitrogens is 4. The van der Waals surface area contributed by atoms with Crippen molar-refractivity contribution in [2.45, 2.75) is 64.7 Å². The van der Waals surface area contributed by atoms with Gasteiger partial charge in [0.2, 0.25) is 0 Å². The molecule has 0 saturated carbocycles. The standard InChI is InChI=1S/C60H54N4O/c1-58(2,3)53-39-51(40-55-57(53)52-28-17-18-29-54(52)64(55)56-37-46(30-31-61-56)59(4,5)44-22-13-9-14-23-44)65-50-27-19-26-48(38-50)62-32-33-63(41-62)49-35-43(42-20-11-8-12-21-42)34-47(36-49)60(6,7)45-24-15-10-16-25-45/h8-40H,1-7H3. The Bertz CT molecular complexity index is 3320. The van der Waals surface area contributed by atoms with Crippen LogP contribution in [0.4, 0.5) is 0 Å². The number of ether oxygens (including phenoxy) is 1. The minimum Gasteiger partial charge on any atom is -0.458 e. The van der Waals surface area contributed by atoms with Crippen molar-refractivity contribution >= 4 is 21.8 Å². The quantitative estimate of drug-likeness (QED) is 0.102. The molecular weight excluding hydrogens is 793 g/mol. The zero-order chi connectivity index (χ0) is 44.9. The molecule has 0 amide bonds. The van der Waals surface area contributed by atoms with Gasteiger partial charge < -0.3 is 4.74 Å². The van der Waals surface area contributed by atoms with Gasteiger partial charge in [0.05, 0.1) is 22.4 Å². The molecule has 0 N–H and O–H groups in total. The summed E-state index contributed by atoms with van der Waals surface area (Å²) in [5.74, 6) is 2.38. The van der Waals surface area contributed by atoms with Gasteiger partial charge in [0.1, 0.15) is 17.3 Å². The second kappa shape index (κ2) is 16.2. The van der Waals surface area contributed by atoms with Crippen LogP contribution in [0.3, 0.4) is 0 Å². The average Bonchev–Trinajstić information content (AvgIpc) is 3.96. The number of para-hydroxylation sites is 1. The first-order chi connectivity index (χ1) is 31.3. The summed E-state index contributed by atoms with van der Waals surface area (Å²) in [4.78, 5) is 5.03. The Balaban J connectivity index is 1.03. The van der Waals surface area contributed by atoms with Crippen molar-refractivity contribution in [3.63, 3.8) is 0 Å². The van der Waals surface area contributed by atoms with Gasteiger partial charge in [0.25, 0.3) is 6.33 Å². The Morgan fingerprint density at radius 1 is 0.523 bits per heavy atom. The molecule has 0 fully saturated rings. The molecule has 0 bridgehead atoms. The first-order valence-corrected chi connectivity index (χ1v) is 22.5. The molecule has 0 aliphatic heterocycles. The first kappa shape index (κ1) is 41.5. The molecule has 65 heavy (non-hydrogen) atoms. The number of hydrogen-bond donors (Lipinski definition) is 0. The van der Waals surface area contributed by atoms with Crippen molar-refractivity contribution in [1.29, 1.82) is 0 Å². The molecule has 7 aromatic carbocycles. The monoisotopic (exact) mass is 846 g/mol. The Morgan fingerprint density at radius 3 is 1.89 bits per heavy atom. The lowest BCUT2D eigenvalue weighted by Gasteiger charge is -2.27. The number of fused-ring (bicyclic) bond motifs is 3. The van der Waals surface area contributed by atoms with Crippen LogP contribution in [-0.2, 0) is 16.2 Å². The number of nitrogens with zero attached hydrogens (tertiary/aromatic N) is 4. The zero-order valence-corrected chi connectivity index (χ0v) is 38.2. The molecule has 10 rings (SSSR count). The lowest BCUT2D eigenvalue weighted by molar-refractivity contribution is -0.599. The number of rotatable bonds is 10. The normalized spacial score (nSPS) is 12.2. The molecule has 0 unspecified atom stereocenters. The van der Waals surface area contributed by atoms with E-state index >= 15 is 0 Å². The van der Waals surface area contributed by atoms with Gasteiger partial charge in [-0.1, -0.05) is 170 Å². The van der Waals surface area contributed by atoms with Crippen molar-refractivity contribution < 1.29 is 9.30 Å². The Hall–Kier alpha value is -7.50. The van der Waals surface area contributed by atoms with Crippen LogP contribution < -0.4 is 9.30 Å². The molecule has 0 aliphatic rings. The van der Waals surface area contributed by atoms with Crippen molar-refractivity contribution in [2.75, 3.05) is 0 Å². The van der Waals surface area contributed by atoms with Crippen molar-refractivity contribution in [1.82, 2.24) is 14.1 Å². The minimum atomic E-state index is -0.224. The SMILES string of the molecule is CC(C)(C)c1cc(Oc2cccc(-n3[c-][n+](-c4cc(-c5ccccc5)cc(C(C)(C)c5ccccc5)c4)cc3)c2)cc2c1c1ccccc1n2-c1cc(C(C)(C)c2ccccc2)ccn1. The van der Waals surface area contributed by atoms with E-state index in [1.54, 1.807) is 0 Å². The molecule has 0 spiro atoms. The summed E-state index contributed by atoms with van der Waals surface area (Å²) in [5, 5.41) is 2.40. The highest BCUT2D eigenvalue weighted by molar-refractivity contribution is 6.11. The third-order valence-electron chi connectivity index (χ3n) is 13.2. The van der Waals surface area contributed by atoms with Gasteiger partial charge in [-0.2, -0.15) is 0 Å². The molecule has 5 heteroatoms. The Kier molecular flexibility index (Phi) is 10.4. The molecule has 320 valence electrons. The van der Waals surface area contributed by atoms with Crippen molar-refractivity contribution in [3.05, 3.63) is 235 Å².